The Balaban J connectivity index is 2.01. The van der Waals surface area contributed by atoms with Gasteiger partial charge in [-0.25, -0.2) is 0 Å². The lowest BCUT2D eigenvalue weighted by Gasteiger charge is -2.13. The Hall–Kier alpha value is -1.22. The molecule has 0 radical (unpaired) electrons. The van der Waals surface area contributed by atoms with Crippen molar-refractivity contribution < 1.29 is 0 Å². The topological polar surface area (TPSA) is 0 Å². The molecule has 0 unspecified atom stereocenters. The maximum Gasteiger partial charge on any atom is 0.0119 e. The zero-order valence-corrected chi connectivity index (χ0v) is 19.4. The van der Waals surface area contributed by atoms with Crippen molar-refractivity contribution in [2.24, 2.45) is 0 Å². The van der Waals surface area contributed by atoms with Crippen molar-refractivity contribution >= 4 is 15.1 Å². The second-order valence-electron chi connectivity index (χ2n) is 7.78. The van der Waals surface area contributed by atoms with E-state index in [-0.39, 0.29) is 15.1 Å². The molecule has 1 aromatic carbocycles. The van der Waals surface area contributed by atoms with Crippen molar-refractivity contribution in [3.63, 3.8) is 0 Å². The van der Waals surface area contributed by atoms with Crippen molar-refractivity contribution in [3.8, 4) is 0 Å². The van der Waals surface area contributed by atoms with Gasteiger partial charge >= 0.3 is 0 Å². The van der Waals surface area contributed by atoms with E-state index >= 15 is 0 Å². The standard InChI is InChI=1S/C24H32P2/c1-15-16(2)20(6)25(19(15)5)13-23-11-9-10-12-24(23)14-26-21(7)17(3)18(4)22(26)8/h9-12H,13-14H2,1-8H3. The Kier molecular flexibility index (Phi) is 5.58. The Bertz CT molecular complexity index is 837. The normalized spacial score (nSPS) is 11.4. The van der Waals surface area contributed by atoms with Gasteiger partial charge in [0.2, 0.25) is 0 Å². The number of rotatable bonds is 4. The van der Waals surface area contributed by atoms with Gasteiger partial charge in [-0.1, -0.05) is 24.3 Å². The molecule has 0 aliphatic carbocycles. The van der Waals surface area contributed by atoms with E-state index in [1.807, 2.05) is 0 Å². The third-order valence-electron chi connectivity index (χ3n) is 6.69. The van der Waals surface area contributed by atoms with Crippen molar-refractivity contribution in [2.75, 3.05) is 0 Å². The molecule has 0 saturated heterocycles. The molecule has 0 saturated carbocycles. The van der Waals surface area contributed by atoms with Crippen molar-refractivity contribution in [1.29, 1.82) is 0 Å². The Labute approximate surface area is 161 Å². The van der Waals surface area contributed by atoms with Gasteiger partial charge in [0.15, 0.2) is 0 Å². The lowest BCUT2D eigenvalue weighted by atomic mass is 10.1. The zero-order chi connectivity index (χ0) is 19.2. The Morgan fingerprint density at radius 3 is 1.04 bits per heavy atom. The van der Waals surface area contributed by atoms with Crippen LogP contribution in [-0.2, 0) is 12.3 Å². The molecule has 2 heterocycles. The first-order valence-electron chi connectivity index (χ1n) is 9.56. The molecule has 26 heavy (non-hydrogen) atoms. The summed E-state index contributed by atoms with van der Waals surface area (Å²) in [4.78, 5) is 0. The van der Waals surface area contributed by atoms with Gasteiger partial charge in [0.05, 0.1) is 0 Å². The summed E-state index contributed by atoms with van der Waals surface area (Å²) in [6.45, 7) is 18.6. The minimum absolute atomic E-state index is 0.154. The highest BCUT2D eigenvalue weighted by Gasteiger charge is 2.16. The summed E-state index contributed by atoms with van der Waals surface area (Å²) < 4.78 is 0. The lowest BCUT2D eigenvalue weighted by molar-refractivity contribution is 1.27. The highest BCUT2D eigenvalue weighted by molar-refractivity contribution is 7.51. The Morgan fingerprint density at radius 1 is 0.500 bits per heavy atom. The number of hydrogen-bond donors (Lipinski definition) is 0. The van der Waals surface area contributed by atoms with Crippen LogP contribution >= 0.6 is 15.1 Å². The largest absolute Gasteiger partial charge is 0.114 e. The van der Waals surface area contributed by atoms with Crippen LogP contribution in [0.1, 0.15) is 54.6 Å². The van der Waals surface area contributed by atoms with Crippen LogP contribution in [0, 0.1) is 55.4 Å². The molecule has 3 aromatic rings. The van der Waals surface area contributed by atoms with Crippen molar-refractivity contribution in [2.45, 2.75) is 67.7 Å². The molecule has 0 bridgehead atoms. The zero-order valence-electron chi connectivity index (χ0n) is 17.6. The van der Waals surface area contributed by atoms with Crippen LogP contribution in [0.15, 0.2) is 24.3 Å². The predicted octanol–water partition coefficient (Wildman–Crippen LogP) is 8.22. The molecule has 2 heteroatoms. The molecular formula is C24H32P2. The highest BCUT2D eigenvalue weighted by atomic mass is 31.1. The number of hydrogen-bond acceptors (Lipinski definition) is 0. The number of benzene rings is 1. The molecule has 0 atom stereocenters. The van der Waals surface area contributed by atoms with Crippen LogP contribution in [0.4, 0.5) is 0 Å². The quantitative estimate of drug-likeness (QED) is 0.426. The summed E-state index contributed by atoms with van der Waals surface area (Å²) >= 11 is 0. The van der Waals surface area contributed by atoms with Crippen LogP contribution in [0.3, 0.4) is 0 Å². The first-order valence-corrected chi connectivity index (χ1v) is 12.6. The molecule has 0 amide bonds. The third kappa shape index (κ3) is 3.24. The van der Waals surface area contributed by atoms with Crippen LogP contribution in [0.2, 0.25) is 0 Å². The molecule has 2 aromatic heterocycles. The average molecular weight is 382 g/mol. The fourth-order valence-corrected chi connectivity index (χ4v) is 9.62. The summed E-state index contributed by atoms with van der Waals surface area (Å²) in [5.41, 5.74) is 9.30. The summed E-state index contributed by atoms with van der Waals surface area (Å²) in [5.74, 6) is 0. The van der Waals surface area contributed by atoms with Gasteiger partial charge in [0, 0.05) is 12.3 Å². The lowest BCUT2D eigenvalue weighted by Crippen LogP contribution is -1.90. The second kappa shape index (κ2) is 7.42. The third-order valence-corrected chi connectivity index (χ3v) is 12.6. The van der Waals surface area contributed by atoms with Gasteiger partial charge in [0.1, 0.15) is 0 Å². The minimum atomic E-state index is -0.154. The monoisotopic (exact) mass is 382 g/mol. The fraction of sp³-hybridized carbons (Fsp3) is 0.417. The summed E-state index contributed by atoms with van der Waals surface area (Å²) in [6.07, 6.45) is 2.43. The van der Waals surface area contributed by atoms with Crippen molar-refractivity contribution in [1.82, 2.24) is 0 Å². The van der Waals surface area contributed by atoms with E-state index in [0.29, 0.717) is 0 Å². The summed E-state index contributed by atoms with van der Waals surface area (Å²) in [7, 11) is -0.308. The second-order valence-corrected chi connectivity index (χ2v) is 12.8. The molecule has 0 aliphatic rings. The maximum atomic E-state index is 2.38. The van der Waals surface area contributed by atoms with E-state index < -0.39 is 0 Å². The molecular weight excluding hydrogens is 350 g/mol. The van der Waals surface area contributed by atoms with Gasteiger partial charge in [-0.15, -0.1) is 15.1 Å². The van der Waals surface area contributed by atoms with Crippen LogP contribution in [-0.4, -0.2) is 0 Å². The van der Waals surface area contributed by atoms with E-state index in [4.69, 9.17) is 0 Å². The summed E-state index contributed by atoms with van der Waals surface area (Å²) in [6, 6.07) is 9.21. The van der Waals surface area contributed by atoms with Gasteiger partial charge in [-0.2, -0.15) is 0 Å². The van der Waals surface area contributed by atoms with Crippen LogP contribution in [0.5, 0.6) is 0 Å². The SMILES string of the molecule is Cc1c(C)c(C)p(Cc2ccccc2Cp2c(C)c(C)c(C)c2C)c1C. The van der Waals surface area contributed by atoms with Gasteiger partial charge in [0.25, 0.3) is 0 Å². The minimum Gasteiger partial charge on any atom is -0.114 e. The van der Waals surface area contributed by atoms with Gasteiger partial charge < -0.3 is 0 Å². The highest BCUT2D eigenvalue weighted by Crippen LogP contribution is 2.49. The van der Waals surface area contributed by atoms with E-state index in [0.717, 1.165) is 0 Å². The van der Waals surface area contributed by atoms with Crippen molar-refractivity contribution in [3.05, 3.63) is 78.8 Å². The van der Waals surface area contributed by atoms with E-state index in [2.05, 4.69) is 79.7 Å². The molecule has 0 spiro atoms. The molecule has 138 valence electrons. The first-order chi connectivity index (χ1) is 12.2. The van der Waals surface area contributed by atoms with Gasteiger partial charge in [-0.05, 0) is 110 Å². The maximum absolute atomic E-state index is 2.38. The van der Waals surface area contributed by atoms with E-state index in [9.17, 15) is 0 Å². The molecule has 0 N–H and O–H groups in total. The Morgan fingerprint density at radius 2 is 0.769 bits per heavy atom. The summed E-state index contributed by atoms with van der Waals surface area (Å²) in [5, 5.41) is 6.54. The molecule has 0 fully saturated rings. The van der Waals surface area contributed by atoms with Crippen LogP contribution < -0.4 is 0 Å². The smallest absolute Gasteiger partial charge is 0.0119 e. The van der Waals surface area contributed by atoms with E-state index in [1.54, 1.807) is 32.3 Å². The molecule has 0 aliphatic heterocycles. The first kappa shape index (κ1) is 19.5. The van der Waals surface area contributed by atoms with Crippen LogP contribution in [0.25, 0.3) is 0 Å². The predicted molar refractivity (Wildman–Crippen MR) is 121 cm³/mol. The van der Waals surface area contributed by atoms with E-state index in [1.165, 1.54) is 34.6 Å². The van der Waals surface area contributed by atoms with Gasteiger partial charge in [-0.3, -0.25) is 0 Å². The molecule has 0 nitrogen and oxygen atoms in total. The molecule has 3 rings (SSSR count). The fourth-order valence-electron chi connectivity index (χ4n) is 4.08. The average Bonchev–Trinajstić information content (AvgIpc) is 2.93.